The second-order valence-corrected chi connectivity index (χ2v) is 5.68. The molecule has 4 nitrogen and oxygen atoms in total. The fourth-order valence-corrected chi connectivity index (χ4v) is 2.74. The zero-order chi connectivity index (χ0) is 13.4. The first-order valence-corrected chi connectivity index (χ1v) is 6.97. The molecule has 98 valence electrons. The molecule has 19 heavy (non-hydrogen) atoms. The van der Waals surface area contributed by atoms with Crippen molar-refractivity contribution in [3.63, 3.8) is 0 Å². The fraction of sp³-hybridized carbons (Fsp3) is 0.286. The third-order valence-electron chi connectivity index (χ3n) is 3.54. The van der Waals surface area contributed by atoms with E-state index in [4.69, 9.17) is 5.11 Å². The summed E-state index contributed by atoms with van der Waals surface area (Å²) in [4.78, 5) is 15.6. The molecule has 2 aromatic rings. The van der Waals surface area contributed by atoms with Crippen molar-refractivity contribution in [2.45, 2.75) is 19.4 Å². The lowest BCUT2D eigenvalue weighted by atomic mass is 9.98. The molecule has 1 N–H and O–H groups in total. The van der Waals surface area contributed by atoms with Crippen LogP contribution in [0.4, 0.5) is 0 Å². The highest BCUT2D eigenvalue weighted by Crippen LogP contribution is 2.28. The van der Waals surface area contributed by atoms with Gasteiger partial charge in [0.25, 0.3) is 0 Å². The highest BCUT2D eigenvalue weighted by Gasteiger charge is 2.26. The Labute approximate surface area is 119 Å². The number of rotatable bonds is 2. The summed E-state index contributed by atoms with van der Waals surface area (Å²) in [5, 5.41) is 9.16. The SMILES string of the molecule is O=C(O)C1CCc2cnc(-c3ccc(Br)cc3)n2C1. The standard InChI is InChI=1S/C14H13BrN2O2/c15-11-4-1-9(2-5-11)13-16-7-12-6-3-10(14(18)19)8-17(12)13/h1-2,4-5,7,10H,3,6,8H2,(H,18,19). The van der Waals surface area contributed by atoms with Gasteiger partial charge in [-0.2, -0.15) is 0 Å². The van der Waals surface area contributed by atoms with Crippen molar-refractivity contribution in [1.82, 2.24) is 9.55 Å². The molecule has 1 aromatic heterocycles. The molecule has 0 bridgehead atoms. The van der Waals surface area contributed by atoms with Gasteiger partial charge < -0.3 is 9.67 Å². The molecule has 5 heteroatoms. The van der Waals surface area contributed by atoms with Gasteiger partial charge in [-0.15, -0.1) is 0 Å². The quantitative estimate of drug-likeness (QED) is 0.925. The molecule has 0 radical (unpaired) electrons. The third kappa shape index (κ3) is 2.30. The minimum Gasteiger partial charge on any atom is -0.481 e. The number of aromatic nitrogens is 2. The second kappa shape index (κ2) is 4.81. The van der Waals surface area contributed by atoms with Gasteiger partial charge >= 0.3 is 5.97 Å². The van der Waals surface area contributed by atoms with E-state index in [-0.39, 0.29) is 5.92 Å². The molecule has 3 rings (SSSR count). The normalized spacial score (nSPS) is 18.1. The Hall–Kier alpha value is -1.62. The van der Waals surface area contributed by atoms with Gasteiger partial charge in [0.2, 0.25) is 0 Å². The van der Waals surface area contributed by atoms with E-state index >= 15 is 0 Å². The maximum Gasteiger partial charge on any atom is 0.308 e. The predicted molar refractivity (Wildman–Crippen MR) is 74.8 cm³/mol. The van der Waals surface area contributed by atoms with Gasteiger partial charge in [0.15, 0.2) is 0 Å². The summed E-state index contributed by atoms with van der Waals surface area (Å²) in [5.74, 6) is -0.176. The smallest absolute Gasteiger partial charge is 0.308 e. The van der Waals surface area contributed by atoms with Gasteiger partial charge in [0.1, 0.15) is 5.82 Å². The lowest BCUT2D eigenvalue weighted by molar-refractivity contribution is -0.142. The van der Waals surface area contributed by atoms with Crippen molar-refractivity contribution in [2.75, 3.05) is 0 Å². The summed E-state index contributed by atoms with van der Waals surface area (Å²) in [6, 6.07) is 7.91. The molecule has 0 aliphatic carbocycles. The highest BCUT2D eigenvalue weighted by atomic mass is 79.9. The second-order valence-electron chi connectivity index (χ2n) is 4.76. The number of aryl methyl sites for hydroxylation is 1. The van der Waals surface area contributed by atoms with Crippen molar-refractivity contribution in [3.8, 4) is 11.4 Å². The van der Waals surface area contributed by atoms with E-state index in [1.165, 1.54) is 0 Å². The van der Waals surface area contributed by atoms with Crippen LogP contribution in [0.25, 0.3) is 11.4 Å². The molecular formula is C14H13BrN2O2. The largest absolute Gasteiger partial charge is 0.481 e. The average molecular weight is 321 g/mol. The molecule has 0 saturated carbocycles. The van der Waals surface area contributed by atoms with Crippen LogP contribution in [-0.2, 0) is 17.8 Å². The number of carboxylic acids is 1. The summed E-state index contributed by atoms with van der Waals surface area (Å²) < 4.78 is 3.05. The van der Waals surface area contributed by atoms with Crippen LogP contribution < -0.4 is 0 Å². The number of nitrogens with zero attached hydrogens (tertiary/aromatic N) is 2. The van der Waals surface area contributed by atoms with E-state index in [0.717, 1.165) is 28.0 Å². The van der Waals surface area contributed by atoms with E-state index in [0.29, 0.717) is 13.0 Å². The number of hydrogen-bond donors (Lipinski definition) is 1. The number of benzene rings is 1. The Kier molecular flexibility index (Phi) is 3.14. The number of aliphatic carboxylic acids is 1. The highest BCUT2D eigenvalue weighted by molar-refractivity contribution is 9.10. The van der Waals surface area contributed by atoms with Gasteiger partial charge in [0, 0.05) is 28.5 Å². The van der Waals surface area contributed by atoms with Crippen LogP contribution >= 0.6 is 15.9 Å². The third-order valence-corrected chi connectivity index (χ3v) is 4.07. The zero-order valence-corrected chi connectivity index (χ0v) is 11.8. The van der Waals surface area contributed by atoms with E-state index in [9.17, 15) is 4.79 Å². The first-order valence-electron chi connectivity index (χ1n) is 6.18. The molecule has 0 spiro atoms. The van der Waals surface area contributed by atoms with Gasteiger partial charge in [-0.05, 0) is 25.0 Å². The van der Waals surface area contributed by atoms with Crippen LogP contribution in [0.5, 0.6) is 0 Å². The molecule has 0 fully saturated rings. The van der Waals surface area contributed by atoms with Crippen molar-refractivity contribution < 1.29 is 9.90 Å². The first kappa shape index (κ1) is 12.4. The molecule has 0 saturated heterocycles. The van der Waals surface area contributed by atoms with Gasteiger partial charge in [-0.1, -0.05) is 28.1 Å². The van der Waals surface area contributed by atoms with Crippen molar-refractivity contribution >= 4 is 21.9 Å². The maximum absolute atomic E-state index is 11.1. The number of imidazole rings is 1. The Balaban J connectivity index is 1.99. The van der Waals surface area contributed by atoms with Crippen LogP contribution in [0.2, 0.25) is 0 Å². The summed E-state index contributed by atoms with van der Waals surface area (Å²) >= 11 is 3.41. The Morgan fingerprint density at radius 1 is 1.37 bits per heavy atom. The molecule has 1 aromatic carbocycles. The van der Waals surface area contributed by atoms with Gasteiger partial charge in [-0.3, -0.25) is 4.79 Å². The van der Waals surface area contributed by atoms with E-state index in [1.54, 1.807) is 0 Å². The van der Waals surface area contributed by atoms with Crippen LogP contribution in [0.15, 0.2) is 34.9 Å². The van der Waals surface area contributed by atoms with Crippen LogP contribution in [-0.4, -0.2) is 20.6 Å². The molecule has 1 aliphatic rings. The molecular weight excluding hydrogens is 308 g/mol. The molecule has 1 aliphatic heterocycles. The molecule has 1 atom stereocenters. The summed E-state index contributed by atoms with van der Waals surface area (Å²) in [7, 11) is 0. The fourth-order valence-electron chi connectivity index (χ4n) is 2.48. The van der Waals surface area contributed by atoms with Crippen molar-refractivity contribution in [1.29, 1.82) is 0 Å². The monoisotopic (exact) mass is 320 g/mol. The summed E-state index contributed by atoms with van der Waals surface area (Å²) in [6.07, 6.45) is 3.33. The van der Waals surface area contributed by atoms with Gasteiger partial charge in [0.05, 0.1) is 5.92 Å². The Bertz CT molecular complexity index is 619. The Morgan fingerprint density at radius 3 is 2.79 bits per heavy atom. The predicted octanol–water partition coefficient (Wildman–Crippen LogP) is 2.96. The zero-order valence-electron chi connectivity index (χ0n) is 10.2. The molecule has 0 amide bonds. The van der Waals surface area contributed by atoms with E-state index in [2.05, 4.69) is 20.9 Å². The van der Waals surface area contributed by atoms with Crippen molar-refractivity contribution in [2.24, 2.45) is 5.92 Å². The summed E-state index contributed by atoms with van der Waals surface area (Å²) in [5.41, 5.74) is 2.14. The Morgan fingerprint density at radius 2 is 2.11 bits per heavy atom. The van der Waals surface area contributed by atoms with E-state index in [1.807, 2.05) is 35.0 Å². The molecule has 1 unspecified atom stereocenters. The first-order chi connectivity index (χ1) is 9.15. The van der Waals surface area contributed by atoms with Crippen LogP contribution in [0.3, 0.4) is 0 Å². The lowest BCUT2D eigenvalue weighted by Crippen LogP contribution is -2.26. The lowest BCUT2D eigenvalue weighted by Gasteiger charge is -2.22. The van der Waals surface area contributed by atoms with Crippen LogP contribution in [0.1, 0.15) is 12.1 Å². The minimum atomic E-state index is -0.721. The number of carbonyl (C=O) groups is 1. The van der Waals surface area contributed by atoms with Gasteiger partial charge in [-0.25, -0.2) is 4.98 Å². The van der Waals surface area contributed by atoms with Crippen molar-refractivity contribution in [3.05, 3.63) is 40.6 Å². The van der Waals surface area contributed by atoms with E-state index < -0.39 is 5.97 Å². The van der Waals surface area contributed by atoms with Crippen LogP contribution in [0, 0.1) is 5.92 Å². The number of fused-ring (bicyclic) bond motifs is 1. The number of carboxylic acid groups (broad SMARTS) is 1. The minimum absolute atomic E-state index is 0.309. The molecule has 2 heterocycles. The number of halogens is 1. The average Bonchev–Trinajstić information content (AvgIpc) is 2.82. The number of hydrogen-bond acceptors (Lipinski definition) is 2. The topological polar surface area (TPSA) is 55.1 Å². The maximum atomic E-state index is 11.1. The summed E-state index contributed by atoms with van der Waals surface area (Å²) in [6.45, 7) is 0.510.